The fourth-order valence-corrected chi connectivity index (χ4v) is 4.20. The number of hydrogen-bond acceptors (Lipinski definition) is 3. The SMILES string of the molecule is N#Cc1cc(F)ccc1Oc1ccc(Cl)c2c1C1(CCCCC1)NC(=O)N2. The monoisotopic (exact) mass is 385 g/mol. The van der Waals surface area contributed by atoms with Gasteiger partial charge in [-0.05, 0) is 43.2 Å². The van der Waals surface area contributed by atoms with Crippen molar-refractivity contribution in [2.75, 3.05) is 5.32 Å². The molecule has 0 unspecified atom stereocenters. The van der Waals surface area contributed by atoms with Crippen molar-refractivity contribution in [3.05, 3.63) is 52.3 Å². The van der Waals surface area contributed by atoms with E-state index >= 15 is 0 Å². The van der Waals surface area contributed by atoms with Crippen LogP contribution in [0.2, 0.25) is 5.02 Å². The average Bonchev–Trinajstić information content (AvgIpc) is 2.66. The molecule has 2 N–H and O–H groups in total. The van der Waals surface area contributed by atoms with Gasteiger partial charge in [-0.2, -0.15) is 5.26 Å². The van der Waals surface area contributed by atoms with Crippen molar-refractivity contribution in [1.29, 1.82) is 5.26 Å². The van der Waals surface area contributed by atoms with E-state index in [1.54, 1.807) is 12.1 Å². The van der Waals surface area contributed by atoms with Gasteiger partial charge in [-0.25, -0.2) is 9.18 Å². The van der Waals surface area contributed by atoms with Crippen LogP contribution in [-0.2, 0) is 5.54 Å². The van der Waals surface area contributed by atoms with Crippen molar-refractivity contribution in [3.8, 4) is 17.6 Å². The fourth-order valence-electron chi connectivity index (χ4n) is 3.99. The van der Waals surface area contributed by atoms with E-state index in [2.05, 4.69) is 10.6 Å². The summed E-state index contributed by atoms with van der Waals surface area (Å²) in [6, 6.07) is 8.84. The Morgan fingerprint density at radius 1 is 1.15 bits per heavy atom. The average molecular weight is 386 g/mol. The number of ether oxygens (including phenoxy) is 1. The van der Waals surface area contributed by atoms with Crippen LogP contribution in [0.5, 0.6) is 11.5 Å². The third kappa shape index (κ3) is 3.08. The Morgan fingerprint density at radius 2 is 1.89 bits per heavy atom. The van der Waals surface area contributed by atoms with Crippen LogP contribution in [0.3, 0.4) is 0 Å². The smallest absolute Gasteiger partial charge is 0.319 e. The topological polar surface area (TPSA) is 74.1 Å². The Balaban J connectivity index is 1.85. The first kappa shape index (κ1) is 17.6. The molecule has 1 heterocycles. The van der Waals surface area contributed by atoms with Crippen molar-refractivity contribution in [2.24, 2.45) is 0 Å². The molecular weight excluding hydrogens is 369 g/mol. The van der Waals surface area contributed by atoms with Crippen molar-refractivity contribution in [1.82, 2.24) is 5.32 Å². The molecule has 2 amide bonds. The summed E-state index contributed by atoms with van der Waals surface area (Å²) in [6.45, 7) is 0. The second-order valence-corrected chi connectivity index (χ2v) is 7.28. The third-order valence-electron chi connectivity index (χ3n) is 5.18. The van der Waals surface area contributed by atoms with Gasteiger partial charge in [-0.15, -0.1) is 0 Å². The molecule has 5 nitrogen and oxygen atoms in total. The van der Waals surface area contributed by atoms with Crippen LogP contribution in [0.1, 0.15) is 43.2 Å². The molecule has 2 aromatic carbocycles. The highest BCUT2D eigenvalue weighted by atomic mass is 35.5. The van der Waals surface area contributed by atoms with E-state index in [4.69, 9.17) is 16.3 Å². The number of carbonyl (C=O) groups excluding carboxylic acids is 1. The van der Waals surface area contributed by atoms with Crippen molar-refractivity contribution in [3.63, 3.8) is 0 Å². The Kier molecular flexibility index (Phi) is 4.40. The number of amides is 2. The highest BCUT2D eigenvalue weighted by Crippen LogP contribution is 2.50. The molecule has 0 aromatic heterocycles. The molecular formula is C20H17ClFN3O2. The van der Waals surface area contributed by atoms with Gasteiger partial charge in [0.1, 0.15) is 23.4 Å². The highest BCUT2D eigenvalue weighted by molar-refractivity contribution is 6.34. The summed E-state index contributed by atoms with van der Waals surface area (Å²) in [7, 11) is 0. The Bertz CT molecular complexity index is 964. The lowest BCUT2D eigenvalue weighted by molar-refractivity contribution is 0.206. The van der Waals surface area contributed by atoms with Gasteiger partial charge in [0, 0.05) is 5.56 Å². The summed E-state index contributed by atoms with van der Waals surface area (Å²) in [5, 5.41) is 15.6. The molecule has 0 radical (unpaired) electrons. The van der Waals surface area contributed by atoms with Gasteiger partial charge in [-0.3, -0.25) is 0 Å². The van der Waals surface area contributed by atoms with Crippen LogP contribution >= 0.6 is 11.6 Å². The molecule has 2 aromatic rings. The van der Waals surface area contributed by atoms with Gasteiger partial charge in [-0.1, -0.05) is 30.9 Å². The van der Waals surface area contributed by atoms with Gasteiger partial charge >= 0.3 is 6.03 Å². The summed E-state index contributed by atoms with van der Waals surface area (Å²) in [4.78, 5) is 12.3. The van der Waals surface area contributed by atoms with E-state index in [0.29, 0.717) is 16.5 Å². The number of fused-ring (bicyclic) bond motifs is 2. The van der Waals surface area contributed by atoms with Crippen molar-refractivity contribution < 1.29 is 13.9 Å². The lowest BCUT2D eigenvalue weighted by atomic mass is 9.74. The number of benzene rings is 2. The lowest BCUT2D eigenvalue weighted by Crippen LogP contribution is -2.52. The van der Waals surface area contributed by atoms with Gasteiger partial charge in [0.25, 0.3) is 0 Å². The minimum absolute atomic E-state index is 0.101. The second kappa shape index (κ2) is 6.75. The maximum absolute atomic E-state index is 13.4. The molecule has 1 aliphatic carbocycles. The van der Waals surface area contributed by atoms with E-state index in [9.17, 15) is 14.4 Å². The van der Waals surface area contributed by atoms with Gasteiger partial charge in [0.15, 0.2) is 0 Å². The molecule has 7 heteroatoms. The van der Waals surface area contributed by atoms with E-state index in [-0.39, 0.29) is 17.3 Å². The number of nitrogens with zero attached hydrogens (tertiary/aromatic N) is 1. The summed E-state index contributed by atoms with van der Waals surface area (Å²) in [5.41, 5.74) is 0.843. The lowest BCUT2D eigenvalue weighted by Gasteiger charge is -2.43. The Morgan fingerprint density at radius 3 is 2.63 bits per heavy atom. The zero-order valence-electron chi connectivity index (χ0n) is 14.4. The zero-order chi connectivity index (χ0) is 19.0. The fraction of sp³-hybridized carbons (Fsp3) is 0.300. The molecule has 0 bridgehead atoms. The summed E-state index contributed by atoms with van der Waals surface area (Å²) in [5.74, 6) is 0.243. The molecule has 1 fully saturated rings. The Hall–Kier alpha value is -2.78. The normalized spacial score (nSPS) is 17.4. The quantitative estimate of drug-likeness (QED) is 0.723. The summed E-state index contributed by atoms with van der Waals surface area (Å²) < 4.78 is 19.5. The van der Waals surface area contributed by atoms with Gasteiger partial charge in [0.05, 0.1) is 21.8 Å². The van der Waals surface area contributed by atoms with Gasteiger partial charge < -0.3 is 15.4 Å². The number of carbonyl (C=O) groups is 1. The largest absolute Gasteiger partial charge is 0.456 e. The number of nitrogens with one attached hydrogen (secondary N) is 2. The first-order valence-corrected chi connectivity index (χ1v) is 9.20. The number of nitriles is 1. The first-order chi connectivity index (χ1) is 13.0. The van der Waals surface area contributed by atoms with Crippen molar-refractivity contribution >= 4 is 23.3 Å². The number of urea groups is 1. The molecule has 0 saturated heterocycles. The van der Waals surface area contributed by atoms with E-state index in [0.717, 1.165) is 43.7 Å². The molecule has 2 aliphatic rings. The Labute approximate surface area is 161 Å². The molecule has 1 spiro atoms. The summed E-state index contributed by atoms with van der Waals surface area (Å²) >= 11 is 6.36. The van der Waals surface area contributed by atoms with Crippen molar-refractivity contribution in [2.45, 2.75) is 37.6 Å². The van der Waals surface area contributed by atoms with Crippen LogP contribution < -0.4 is 15.4 Å². The van der Waals surface area contributed by atoms with Crippen LogP contribution in [-0.4, -0.2) is 6.03 Å². The first-order valence-electron chi connectivity index (χ1n) is 8.82. The third-order valence-corrected chi connectivity index (χ3v) is 5.49. The maximum Gasteiger partial charge on any atom is 0.319 e. The molecule has 138 valence electrons. The summed E-state index contributed by atoms with van der Waals surface area (Å²) in [6.07, 6.45) is 4.61. The highest BCUT2D eigenvalue weighted by Gasteiger charge is 2.43. The minimum atomic E-state index is -0.566. The van der Waals surface area contributed by atoms with Crippen LogP contribution in [0.15, 0.2) is 30.3 Å². The van der Waals surface area contributed by atoms with Crippen LogP contribution in [0.25, 0.3) is 0 Å². The number of rotatable bonds is 2. The molecule has 27 heavy (non-hydrogen) atoms. The minimum Gasteiger partial charge on any atom is -0.456 e. The van der Waals surface area contributed by atoms with E-state index in [1.807, 2.05) is 6.07 Å². The second-order valence-electron chi connectivity index (χ2n) is 6.87. The number of halogens is 2. The zero-order valence-corrected chi connectivity index (χ0v) is 15.2. The predicted molar refractivity (Wildman–Crippen MR) is 99.6 cm³/mol. The van der Waals surface area contributed by atoms with E-state index in [1.165, 1.54) is 12.1 Å². The van der Waals surface area contributed by atoms with E-state index < -0.39 is 11.4 Å². The molecule has 1 saturated carbocycles. The molecule has 1 aliphatic heterocycles. The number of anilines is 1. The predicted octanol–water partition coefficient (Wildman–Crippen LogP) is 5.44. The standard InChI is InChI=1S/C20H17ClFN3O2/c21-14-5-7-16(27-15-6-4-13(22)10-12(15)11-23)17-18(14)24-19(26)25-20(17)8-2-1-3-9-20/h4-7,10H,1-3,8-9H2,(H2,24,25,26). The van der Waals surface area contributed by atoms with Crippen LogP contribution in [0.4, 0.5) is 14.9 Å². The number of hydrogen-bond donors (Lipinski definition) is 2. The van der Waals surface area contributed by atoms with Crippen LogP contribution in [0, 0.1) is 17.1 Å². The van der Waals surface area contributed by atoms with Gasteiger partial charge in [0.2, 0.25) is 0 Å². The maximum atomic E-state index is 13.4. The molecule has 4 rings (SSSR count). The molecule has 0 atom stereocenters.